The van der Waals surface area contributed by atoms with Crippen molar-refractivity contribution in [2.75, 3.05) is 39.9 Å². The van der Waals surface area contributed by atoms with Crippen molar-refractivity contribution in [2.45, 2.75) is 87.1 Å². The van der Waals surface area contributed by atoms with Crippen LogP contribution in [-0.4, -0.2) is 103 Å². The highest BCUT2D eigenvalue weighted by molar-refractivity contribution is 5.96. The van der Waals surface area contributed by atoms with E-state index >= 15 is 0 Å². The molecule has 43 heavy (non-hydrogen) atoms. The predicted molar refractivity (Wildman–Crippen MR) is 153 cm³/mol. The van der Waals surface area contributed by atoms with Gasteiger partial charge in [-0.25, -0.2) is 10.3 Å². The summed E-state index contributed by atoms with van der Waals surface area (Å²) in [6, 6.07) is 6.76. The van der Waals surface area contributed by atoms with Gasteiger partial charge in [0.05, 0.1) is 29.6 Å². The number of aliphatic hydroxyl groups is 2. The van der Waals surface area contributed by atoms with Gasteiger partial charge < -0.3 is 34.0 Å². The van der Waals surface area contributed by atoms with Crippen molar-refractivity contribution in [3.63, 3.8) is 0 Å². The molecule has 11 nitrogen and oxygen atoms in total. The van der Waals surface area contributed by atoms with E-state index in [-0.39, 0.29) is 47.5 Å². The number of hydrogen-bond acceptors (Lipinski definition) is 11. The minimum absolute atomic E-state index is 0.0559. The molecule has 7 rings (SSSR count). The third kappa shape index (κ3) is 3.46. The molecule has 11 heteroatoms. The predicted octanol–water partition coefficient (Wildman–Crippen LogP) is 2.15. The zero-order chi connectivity index (χ0) is 30.5. The lowest BCUT2D eigenvalue weighted by molar-refractivity contribution is -0.337. The highest BCUT2D eigenvalue weighted by atomic mass is 16.7. The van der Waals surface area contributed by atoms with Crippen molar-refractivity contribution >= 4 is 17.6 Å². The quantitative estimate of drug-likeness (QED) is 0.299. The molecule has 5 saturated carbocycles. The summed E-state index contributed by atoms with van der Waals surface area (Å²) in [5.41, 5.74) is -1.16. The molecule has 12 atom stereocenters. The molecule has 0 amide bonds. The van der Waals surface area contributed by atoms with Crippen LogP contribution in [0.1, 0.15) is 56.3 Å². The van der Waals surface area contributed by atoms with Crippen molar-refractivity contribution < 1.29 is 43.6 Å². The van der Waals surface area contributed by atoms with E-state index in [0.29, 0.717) is 50.9 Å². The van der Waals surface area contributed by atoms with E-state index in [1.807, 2.05) is 0 Å². The summed E-state index contributed by atoms with van der Waals surface area (Å²) in [6.45, 7) is 4.62. The molecular formula is C32H44N2O9. The molecular weight excluding hydrogens is 556 g/mol. The summed E-state index contributed by atoms with van der Waals surface area (Å²) < 4.78 is 25.0. The molecule has 7 bridgehead atoms. The number of benzene rings is 1. The molecule has 1 saturated heterocycles. The zero-order valence-electron chi connectivity index (χ0n) is 25.6. The van der Waals surface area contributed by atoms with Gasteiger partial charge >= 0.3 is 11.9 Å². The number of anilines is 1. The minimum Gasteiger partial charge on any atom is -0.454 e. The second-order valence-corrected chi connectivity index (χ2v) is 13.7. The molecule has 5 aliphatic carbocycles. The number of para-hydroxylation sites is 1. The van der Waals surface area contributed by atoms with Gasteiger partial charge in [0.1, 0.15) is 16.8 Å². The topological polar surface area (TPSA) is 136 Å². The number of carbonyl (C=O) groups excluding carboxylic acids is 2. The largest absolute Gasteiger partial charge is 0.454 e. The Bertz CT molecular complexity index is 1310. The number of likely N-dealkylation sites (N-methyl/N-ethyl adjacent to an activating group) is 1. The first-order valence-electron chi connectivity index (χ1n) is 15.6. The van der Waals surface area contributed by atoms with Crippen molar-refractivity contribution in [3.8, 4) is 0 Å². The van der Waals surface area contributed by atoms with Crippen molar-refractivity contribution in [1.29, 1.82) is 0 Å². The number of carbonyl (C=O) groups is 2. The third-order valence-corrected chi connectivity index (χ3v) is 12.6. The van der Waals surface area contributed by atoms with Gasteiger partial charge in [-0.05, 0) is 44.4 Å². The molecule has 6 aliphatic rings. The maximum absolute atomic E-state index is 14.1. The van der Waals surface area contributed by atoms with E-state index in [1.54, 1.807) is 45.6 Å². The lowest BCUT2D eigenvalue weighted by Crippen LogP contribution is -2.83. The number of nitrogens with one attached hydrogen (secondary N) is 1. The van der Waals surface area contributed by atoms with Gasteiger partial charge in [-0.2, -0.15) is 0 Å². The maximum Gasteiger partial charge on any atom is 0.340 e. The summed E-state index contributed by atoms with van der Waals surface area (Å²) >= 11 is 0. The molecule has 3 N–H and O–H groups in total. The summed E-state index contributed by atoms with van der Waals surface area (Å²) in [5, 5.41) is 25.7. The van der Waals surface area contributed by atoms with E-state index in [4.69, 9.17) is 23.8 Å². The Labute approximate surface area is 252 Å². The molecule has 236 valence electrons. The van der Waals surface area contributed by atoms with Gasteiger partial charge in [0.15, 0.2) is 0 Å². The van der Waals surface area contributed by atoms with Crippen LogP contribution in [0.2, 0.25) is 0 Å². The summed E-state index contributed by atoms with van der Waals surface area (Å²) in [6.07, 6.45) is 1.81. The first kappa shape index (κ1) is 29.4. The molecule has 1 spiro atoms. The Hall–Kier alpha value is -2.28. The van der Waals surface area contributed by atoms with Crippen LogP contribution in [0.15, 0.2) is 24.3 Å². The van der Waals surface area contributed by atoms with Crippen LogP contribution < -0.4 is 5.48 Å². The molecule has 1 heterocycles. The first-order chi connectivity index (χ1) is 20.6. The second-order valence-electron chi connectivity index (χ2n) is 13.7. The summed E-state index contributed by atoms with van der Waals surface area (Å²) in [7, 11) is 5.04. The molecule has 0 radical (unpaired) electrons. The number of piperidine rings is 1. The molecule has 1 aromatic rings. The number of methoxy groups -OCH3 is 3. The minimum atomic E-state index is -1.49. The van der Waals surface area contributed by atoms with E-state index in [9.17, 15) is 19.8 Å². The zero-order valence-corrected chi connectivity index (χ0v) is 25.6. The molecule has 0 aromatic heterocycles. The average molecular weight is 601 g/mol. The van der Waals surface area contributed by atoms with Crippen molar-refractivity contribution in [2.24, 2.45) is 29.1 Å². The van der Waals surface area contributed by atoms with Crippen LogP contribution in [0, 0.1) is 29.1 Å². The number of ether oxygens (including phenoxy) is 4. The Morgan fingerprint density at radius 1 is 1.07 bits per heavy atom. The number of likely N-dealkylation sites (tertiary alicyclic amines) is 1. The van der Waals surface area contributed by atoms with Crippen LogP contribution in [-0.2, 0) is 28.6 Å². The Kier molecular flexibility index (Phi) is 6.75. The highest BCUT2D eigenvalue weighted by Crippen LogP contribution is 2.79. The number of esters is 1. The fourth-order valence-corrected chi connectivity index (χ4v) is 11.5. The van der Waals surface area contributed by atoms with Gasteiger partial charge in [-0.15, -0.1) is 0 Å². The van der Waals surface area contributed by atoms with Crippen LogP contribution in [0.3, 0.4) is 0 Å². The second kappa shape index (κ2) is 9.86. The third-order valence-electron chi connectivity index (χ3n) is 12.6. The first-order valence-corrected chi connectivity index (χ1v) is 15.6. The molecule has 6 fully saturated rings. The molecule has 1 aromatic carbocycles. The van der Waals surface area contributed by atoms with Crippen LogP contribution in [0.25, 0.3) is 0 Å². The van der Waals surface area contributed by atoms with Gasteiger partial charge in [0, 0.05) is 76.3 Å². The Morgan fingerprint density at radius 3 is 2.51 bits per heavy atom. The normalized spacial score (nSPS) is 47.2. The Morgan fingerprint density at radius 2 is 1.84 bits per heavy atom. The standard InChI is InChI=1S/C32H44N2O9/c1-6-34-16-29(42-28(36)18-9-7-8-10-21(18)33-43-17(2)35)12-11-25(40-4)31-23(29)14-20(26(31)34)30(37)15-22(39-3)19-13-24(31)32(30,38)27(19)41-5/h7-10,19-20,22-27,33,37-38H,6,11-16H2,1-5H3/t19-,20+,22+,23+,24-,25+,26-,27-,29+,30+,31+,32+/m1/s1. The fraction of sp³-hybridized carbons (Fsp3) is 0.750. The lowest BCUT2D eigenvalue weighted by atomic mass is 9.44. The SMILES string of the molecule is CCN1C[C@@]2(OC(=O)c3ccccc3NOC(C)=O)CC[C@H](OC)[C@@]34[C@H]5C[C@@H]6[C@@H](OC)C[C@](O)([C@@H](C[C@@H]23)[C@@H]14)[C@@]5(O)[C@@H]6OC. The van der Waals surface area contributed by atoms with Crippen molar-refractivity contribution in [1.82, 2.24) is 4.90 Å². The number of nitrogens with zero attached hydrogens (tertiary/aromatic N) is 1. The number of rotatable bonds is 8. The van der Waals surface area contributed by atoms with E-state index in [0.717, 1.165) is 0 Å². The molecule has 0 unspecified atom stereocenters. The fourth-order valence-electron chi connectivity index (χ4n) is 11.5. The van der Waals surface area contributed by atoms with Gasteiger partial charge in [-0.1, -0.05) is 19.1 Å². The Balaban J connectivity index is 1.35. The highest BCUT2D eigenvalue weighted by Gasteiger charge is 2.89. The van der Waals surface area contributed by atoms with E-state index in [1.165, 1.54) is 6.92 Å². The van der Waals surface area contributed by atoms with Gasteiger partial charge in [-0.3, -0.25) is 9.69 Å². The van der Waals surface area contributed by atoms with Crippen molar-refractivity contribution in [3.05, 3.63) is 29.8 Å². The van der Waals surface area contributed by atoms with Crippen LogP contribution in [0.5, 0.6) is 0 Å². The average Bonchev–Trinajstić information content (AvgIpc) is 3.42. The van der Waals surface area contributed by atoms with E-state index < -0.39 is 40.3 Å². The van der Waals surface area contributed by atoms with Gasteiger partial charge in [0.25, 0.3) is 0 Å². The maximum atomic E-state index is 14.1. The lowest BCUT2D eigenvalue weighted by Gasteiger charge is -2.70. The van der Waals surface area contributed by atoms with Crippen LogP contribution in [0.4, 0.5) is 5.69 Å². The monoisotopic (exact) mass is 600 g/mol. The number of fused-ring (bicyclic) bond motifs is 2. The molecule has 1 aliphatic heterocycles. The van der Waals surface area contributed by atoms with Crippen LogP contribution >= 0.6 is 0 Å². The smallest absolute Gasteiger partial charge is 0.340 e. The van der Waals surface area contributed by atoms with Gasteiger partial charge in [0.2, 0.25) is 0 Å². The van der Waals surface area contributed by atoms with E-state index in [2.05, 4.69) is 17.3 Å². The number of hydrogen-bond donors (Lipinski definition) is 3. The summed E-state index contributed by atoms with van der Waals surface area (Å²) in [4.78, 5) is 32.9. The summed E-state index contributed by atoms with van der Waals surface area (Å²) in [5.74, 6) is -1.89.